The van der Waals surface area contributed by atoms with E-state index in [1.165, 1.54) is 0 Å². The number of aliphatic imine (C=N–C) groups is 1. The molecule has 0 aliphatic carbocycles. The van der Waals surface area contributed by atoms with Crippen LogP contribution in [0.5, 0.6) is 0 Å². The number of likely N-dealkylation sites (tertiary alicyclic amines) is 1. The fraction of sp³-hybridized carbons (Fsp3) is 0.722. The van der Waals surface area contributed by atoms with Gasteiger partial charge in [0.25, 0.3) is 0 Å². The zero-order chi connectivity index (χ0) is 18.8. The van der Waals surface area contributed by atoms with Crippen LogP contribution in [0.1, 0.15) is 36.4 Å². The standard InChI is InChI=1S/C18H32N6OS/c1-14-23-16(13-26-14)5-9-22-18(20-2)21-8-3-4-10-24-11-6-15(7-12-24)17(19)25/h13,15H,3-12H2,1-2H3,(H2,19,25)(H2,20,21,22). The number of piperidine rings is 1. The summed E-state index contributed by atoms with van der Waals surface area (Å²) in [5, 5.41) is 9.92. The summed E-state index contributed by atoms with van der Waals surface area (Å²) in [5.74, 6) is 0.785. The molecule has 1 aliphatic heterocycles. The summed E-state index contributed by atoms with van der Waals surface area (Å²) in [6.45, 7) is 6.83. The summed E-state index contributed by atoms with van der Waals surface area (Å²) in [6.07, 6.45) is 4.96. The van der Waals surface area contributed by atoms with Gasteiger partial charge in [-0.3, -0.25) is 9.79 Å². The van der Waals surface area contributed by atoms with Gasteiger partial charge in [0.2, 0.25) is 5.91 Å². The minimum Gasteiger partial charge on any atom is -0.369 e. The quantitative estimate of drug-likeness (QED) is 0.339. The van der Waals surface area contributed by atoms with E-state index in [-0.39, 0.29) is 11.8 Å². The minimum absolute atomic E-state index is 0.0792. The molecule has 4 N–H and O–H groups in total. The van der Waals surface area contributed by atoms with Gasteiger partial charge in [-0.25, -0.2) is 4.98 Å². The first-order valence-corrected chi connectivity index (χ1v) is 10.3. The lowest BCUT2D eigenvalue weighted by Gasteiger charge is -2.30. The molecular formula is C18H32N6OS. The number of carbonyl (C=O) groups is 1. The molecule has 1 fully saturated rings. The SMILES string of the molecule is CN=C(NCCCCN1CCC(C(N)=O)CC1)NCCc1csc(C)n1. The van der Waals surface area contributed by atoms with Crippen molar-refractivity contribution >= 4 is 23.2 Å². The van der Waals surface area contributed by atoms with Gasteiger partial charge in [-0.1, -0.05) is 0 Å². The Balaban J connectivity index is 1.51. The second kappa shape index (κ2) is 11.1. The molecular weight excluding hydrogens is 348 g/mol. The number of primary amides is 1. The summed E-state index contributed by atoms with van der Waals surface area (Å²) >= 11 is 1.69. The van der Waals surface area contributed by atoms with Crippen molar-refractivity contribution < 1.29 is 4.79 Å². The van der Waals surface area contributed by atoms with Crippen LogP contribution in [0, 0.1) is 12.8 Å². The molecule has 1 saturated heterocycles. The summed E-state index contributed by atoms with van der Waals surface area (Å²) in [7, 11) is 1.80. The van der Waals surface area contributed by atoms with Gasteiger partial charge in [0, 0.05) is 37.9 Å². The monoisotopic (exact) mass is 380 g/mol. The van der Waals surface area contributed by atoms with Crippen molar-refractivity contribution in [2.24, 2.45) is 16.6 Å². The van der Waals surface area contributed by atoms with Crippen LogP contribution in [0.2, 0.25) is 0 Å². The molecule has 0 radical (unpaired) electrons. The van der Waals surface area contributed by atoms with Gasteiger partial charge in [-0.2, -0.15) is 0 Å². The highest BCUT2D eigenvalue weighted by atomic mass is 32.1. The van der Waals surface area contributed by atoms with Crippen molar-refractivity contribution in [1.29, 1.82) is 0 Å². The van der Waals surface area contributed by atoms with Gasteiger partial charge in [-0.05, 0) is 52.2 Å². The highest BCUT2D eigenvalue weighted by molar-refractivity contribution is 7.09. The topological polar surface area (TPSA) is 95.6 Å². The number of aryl methyl sites for hydroxylation is 1. The van der Waals surface area contributed by atoms with Gasteiger partial charge in [0.1, 0.15) is 0 Å². The fourth-order valence-electron chi connectivity index (χ4n) is 3.16. The summed E-state index contributed by atoms with van der Waals surface area (Å²) < 4.78 is 0. The third kappa shape index (κ3) is 7.29. The lowest BCUT2D eigenvalue weighted by molar-refractivity contribution is -0.123. The Hall–Kier alpha value is -1.67. The lowest BCUT2D eigenvalue weighted by Crippen LogP contribution is -2.40. The predicted octanol–water partition coefficient (Wildman–Crippen LogP) is 1.14. The van der Waals surface area contributed by atoms with E-state index in [9.17, 15) is 4.79 Å². The Morgan fingerprint density at radius 1 is 1.35 bits per heavy atom. The van der Waals surface area contributed by atoms with E-state index < -0.39 is 0 Å². The molecule has 0 bridgehead atoms. The normalized spacial score (nSPS) is 16.6. The average molecular weight is 381 g/mol. The van der Waals surface area contributed by atoms with Crippen LogP contribution in [0.25, 0.3) is 0 Å². The largest absolute Gasteiger partial charge is 0.369 e. The highest BCUT2D eigenvalue weighted by Crippen LogP contribution is 2.16. The molecule has 0 saturated carbocycles. The number of guanidine groups is 1. The number of aromatic nitrogens is 1. The van der Waals surface area contributed by atoms with Crippen LogP contribution >= 0.6 is 11.3 Å². The number of amides is 1. The maximum absolute atomic E-state index is 11.2. The van der Waals surface area contributed by atoms with Gasteiger partial charge in [0.15, 0.2) is 5.96 Å². The molecule has 1 amide bonds. The summed E-state index contributed by atoms with van der Waals surface area (Å²) in [4.78, 5) is 22.3. The van der Waals surface area contributed by atoms with Gasteiger partial charge in [0.05, 0.1) is 10.7 Å². The molecule has 1 aromatic rings. The van der Waals surface area contributed by atoms with Gasteiger partial charge in [-0.15, -0.1) is 11.3 Å². The maximum atomic E-state index is 11.2. The molecule has 0 spiro atoms. The predicted molar refractivity (Wildman–Crippen MR) is 108 cm³/mol. The van der Waals surface area contributed by atoms with Crippen molar-refractivity contribution in [2.75, 3.05) is 39.8 Å². The van der Waals surface area contributed by atoms with Gasteiger partial charge < -0.3 is 21.3 Å². The molecule has 26 heavy (non-hydrogen) atoms. The number of nitrogens with zero attached hydrogens (tertiary/aromatic N) is 3. The van der Waals surface area contributed by atoms with Crippen LogP contribution in [0.15, 0.2) is 10.4 Å². The van der Waals surface area contributed by atoms with Crippen molar-refractivity contribution in [3.8, 4) is 0 Å². The van der Waals surface area contributed by atoms with Crippen molar-refractivity contribution in [2.45, 2.75) is 39.0 Å². The molecule has 2 heterocycles. The Morgan fingerprint density at radius 3 is 2.69 bits per heavy atom. The molecule has 8 heteroatoms. The number of unbranched alkanes of at least 4 members (excludes halogenated alkanes) is 1. The Kier molecular flexibility index (Phi) is 8.84. The number of rotatable bonds is 9. The maximum Gasteiger partial charge on any atom is 0.220 e. The molecule has 0 aromatic carbocycles. The zero-order valence-corrected chi connectivity index (χ0v) is 16.8. The third-order valence-electron chi connectivity index (χ3n) is 4.75. The molecule has 1 aliphatic rings. The number of hydrogen-bond acceptors (Lipinski definition) is 5. The van der Waals surface area contributed by atoms with E-state index in [1.807, 2.05) is 6.92 Å². The summed E-state index contributed by atoms with van der Waals surface area (Å²) in [5.41, 5.74) is 6.51. The molecule has 0 atom stereocenters. The van der Waals surface area contributed by atoms with E-state index in [0.717, 1.165) is 81.5 Å². The number of nitrogens with two attached hydrogens (primary N) is 1. The second-order valence-corrected chi connectivity index (χ2v) is 7.82. The van der Waals surface area contributed by atoms with E-state index in [1.54, 1.807) is 18.4 Å². The number of nitrogens with one attached hydrogen (secondary N) is 2. The van der Waals surface area contributed by atoms with Gasteiger partial charge >= 0.3 is 0 Å². The van der Waals surface area contributed by atoms with Crippen molar-refractivity contribution in [1.82, 2.24) is 20.5 Å². The number of carbonyl (C=O) groups excluding carboxylic acids is 1. The van der Waals surface area contributed by atoms with E-state index in [0.29, 0.717) is 0 Å². The minimum atomic E-state index is -0.141. The Morgan fingerprint density at radius 2 is 2.08 bits per heavy atom. The van der Waals surface area contributed by atoms with Crippen LogP contribution in [-0.4, -0.2) is 61.5 Å². The van der Waals surface area contributed by atoms with Crippen LogP contribution < -0.4 is 16.4 Å². The van der Waals surface area contributed by atoms with Crippen molar-refractivity contribution in [3.63, 3.8) is 0 Å². The first-order valence-electron chi connectivity index (χ1n) is 9.45. The van der Waals surface area contributed by atoms with Crippen LogP contribution in [-0.2, 0) is 11.2 Å². The molecule has 7 nitrogen and oxygen atoms in total. The van der Waals surface area contributed by atoms with E-state index in [4.69, 9.17) is 5.73 Å². The smallest absolute Gasteiger partial charge is 0.220 e. The lowest BCUT2D eigenvalue weighted by atomic mass is 9.96. The number of hydrogen-bond donors (Lipinski definition) is 3. The third-order valence-corrected chi connectivity index (χ3v) is 5.57. The Labute approximate surface area is 160 Å². The number of thiazole rings is 1. The highest BCUT2D eigenvalue weighted by Gasteiger charge is 2.22. The molecule has 146 valence electrons. The van der Waals surface area contributed by atoms with E-state index >= 15 is 0 Å². The zero-order valence-electron chi connectivity index (χ0n) is 16.0. The first kappa shape index (κ1) is 20.6. The van der Waals surface area contributed by atoms with Crippen LogP contribution in [0.3, 0.4) is 0 Å². The van der Waals surface area contributed by atoms with E-state index in [2.05, 4.69) is 30.9 Å². The molecule has 2 rings (SSSR count). The fourth-order valence-corrected chi connectivity index (χ4v) is 3.81. The second-order valence-electron chi connectivity index (χ2n) is 6.76. The first-order chi connectivity index (χ1) is 12.6. The molecule has 0 unspecified atom stereocenters. The van der Waals surface area contributed by atoms with Crippen molar-refractivity contribution in [3.05, 3.63) is 16.1 Å². The summed E-state index contributed by atoms with van der Waals surface area (Å²) in [6, 6.07) is 0. The molecule has 1 aromatic heterocycles. The van der Waals surface area contributed by atoms with Crippen LogP contribution in [0.4, 0.5) is 0 Å². The average Bonchev–Trinajstić information content (AvgIpc) is 3.05. The Bertz CT molecular complexity index is 580.